The van der Waals surface area contributed by atoms with E-state index in [1.165, 1.54) is 30.6 Å². The molecule has 4 heteroatoms. The number of fused-ring (bicyclic) bond motifs is 1. The Bertz CT molecular complexity index is 306. The van der Waals surface area contributed by atoms with Gasteiger partial charge in [-0.3, -0.25) is 9.69 Å². The van der Waals surface area contributed by atoms with Crippen LogP contribution in [0.3, 0.4) is 0 Å². The molecule has 2 aliphatic rings. The molecular weight excluding hydrogens is 240 g/mol. The van der Waals surface area contributed by atoms with E-state index in [9.17, 15) is 9.59 Å². The number of carbonyl (C=O) groups is 2. The van der Waals surface area contributed by atoms with Crippen molar-refractivity contribution in [2.24, 2.45) is 0 Å². The number of hydrogen-bond acceptors (Lipinski definition) is 2. The minimum atomic E-state index is -0.138. The maximum absolute atomic E-state index is 12.2. The fourth-order valence-corrected chi connectivity index (χ4v) is 3.10. The van der Waals surface area contributed by atoms with Crippen LogP contribution >= 0.6 is 0 Å². The van der Waals surface area contributed by atoms with Gasteiger partial charge in [-0.25, -0.2) is 4.79 Å². The number of unbranched alkanes of at least 4 members (excludes halogenated alkanes) is 5. The molecule has 2 rings (SSSR count). The first-order valence-corrected chi connectivity index (χ1v) is 7.87. The van der Waals surface area contributed by atoms with Crippen molar-refractivity contribution < 1.29 is 9.59 Å². The van der Waals surface area contributed by atoms with Gasteiger partial charge in [-0.05, 0) is 25.7 Å². The molecular formula is C15H26N2O2. The number of amides is 3. The third-order valence-electron chi connectivity index (χ3n) is 4.27. The monoisotopic (exact) mass is 266 g/mol. The second kappa shape index (κ2) is 6.92. The molecule has 2 heterocycles. The van der Waals surface area contributed by atoms with Crippen molar-refractivity contribution in [1.29, 1.82) is 0 Å². The van der Waals surface area contributed by atoms with E-state index in [4.69, 9.17) is 0 Å². The van der Waals surface area contributed by atoms with Gasteiger partial charge in [-0.2, -0.15) is 0 Å². The predicted octanol–water partition coefficient (Wildman–Crippen LogP) is 3.16. The molecule has 0 N–H and O–H groups in total. The Balaban J connectivity index is 1.74. The van der Waals surface area contributed by atoms with Crippen molar-refractivity contribution in [1.82, 2.24) is 9.80 Å². The number of urea groups is 1. The maximum atomic E-state index is 12.2. The lowest BCUT2D eigenvalue weighted by atomic mass is 10.0. The summed E-state index contributed by atoms with van der Waals surface area (Å²) in [5, 5.41) is 0. The second-order valence-corrected chi connectivity index (χ2v) is 5.75. The summed E-state index contributed by atoms with van der Waals surface area (Å²) >= 11 is 0. The van der Waals surface area contributed by atoms with E-state index in [1.54, 1.807) is 4.90 Å². The van der Waals surface area contributed by atoms with Gasteiger partial charge in [0.05, 0.1) is 0 Å². The fourth-order valence-electron chi connectivity index (χ4n) is 3.10. The summed E-state index contributed by atoms with van der Waals surface area (Å²) in [6, 6.07) is -0.176. The molecule has 2 aliphatic heterocycles. The van der Waals surface area contributed by atoms with Gasteiger partial charge in [0.15, 0.2) is 0 Å². The summed E-state index contributed by atoms with van der Waals surface area (Å²) in [7, 11) is 0. The van der Waals surface area contributed by atoms with E-state index in [-0.39, 0.29) is 18.0 Å². The molecule has 1 atom stereocenters. The normalized spacial score (nSPS) is 23.1. The van der Waals surface area contributed by atoms with Crippen molar-refractivity contribution in [3.05, 3.63) is 0 Å². The topological polar surface area (TPSA) is 40.6 Å². The summed E-state index contributed by atoms with van der Waals surface area (Å²) in [5.41, 5.74) is 0. The molecule has 0 spiro atoms. The van der Waals surface area contributed by atoms with Crippen LogP contribution in [0.25, 0.3) is 0 Å². The zero-order chi connectivity index (χ0) is 13.7. The molecule has 0 radical (unpaired) electrons. The fraction of sp³-hybridized carbons (Fsp3) is 0.867. The highest BCUT2D eigenvalue weighted by molar-refractivity contribution is 6.04. The number of piperidine rings is 1. The molecule has 3 amide bonds. The predicted molar refractivity (Wildman–Crippen MR) is 74.8 cm³/mol. The Hall–Kier alpha value is -1.06. The summed E-state index contributed by atoms with van der Waals surface area (Å²) in [6.07, 6.45) is 10.1. The van der Waals surface area contributed by atoms with E-state index in [0.29, 0.717) is 6.54 Å². The van der Waals surface area contributed by atoms with E-state index in [2.05, 4.69) is 6.92 Å². The van der Waals surface area contributed by atoms with Crippen molar-refractivity contribution in [3.63, 3.8) is 0 Å². The van der Waals surface area contributed by atoms with Gasteiger partial charge in [0, 0.05) is 13.1 Å². The first-order valence-electron chi connectivity index (χ1n) is 7.87. The van der Waals surface area contributed by atoms with Gasteiger partial charge < -0.3 is 4.90 Å². The highest BCUT2D eigenvalue weighted by Gasteiger charge is 2.45. The van der Waals surface area contributed by atoms with Gasteiger partial charge in [-0.1, -0.05) is 39.0 Å². The van der Waals surface area contributed by atoms with Crippen LogP contribution in [0.2, 0.25) is 0 Å². The molecule has 0 aromatic heterocycles. The van der Waals surface area contributed by atoms with Crippen molar-refractivity contribution in [2.45, 2.75) is 70.8 Å². The quantitative estimate of drug-likeness (QED) is 0.524. The van der Waals surface area contributed by atoms with Crippen LogP contribution in [-0.2, 0) is 4.79 Å². The number of nitrogens with zero attached hydrogens (tertiary/aromatic N) is 2. The van der Waals surface area contributed by atoms with Crippen LogP contribution in [0, 0.1) is 0 Å². The number of hydrogen-bond donors (Lipinski definition) is 0. The van der Waals surface area contributed by atoms with Crippen LogP contribution in [0.4, 0.5) is 4.79 Å². The summed E-state index contributed by atoms with van der Waals surface area (Å²) < 4.78 is 0. The first kappa shape index (κ1) is 14.4. The Morgan fingerprint density at radius 1 is 1.05 bits per heavy atom. The molecule has 2 fully saturated rings. The highest BCUT2D eigenvalue weighted by atomic mass is 16.2. The standard InChI is InChI=1S/C15H26N2O2/c1-2-3-4-5-6-8-12-17-14(18)13-10-7-9-11-16(13)15(17)19/h13H,2-12H2,1H3. The minimum absolute atomic E-state index is 0.0386. The SMILES string of the molecule is CCCCCCCCN1C(=O)C2CCCCN2C1=O. The minimum Gasteiger partial charge on any atom is -0.312 e. The number of rotatable bonds is 7. The number of carbonyl (C=O) groups excluding carboxylic acids is 2. The van der Waals surface area contributed by atoms with Crippen LogP contribution in [0.15, 0.2) is 0 Å². The first-order chi connectivity index (χ1) is 9.25. The van der Waals surface area contributed by atoms with E-state index in [0.717, 1.165) is 38.6 Å². The number of imide groups is 1. The van der Waals surface area contributed by atoms with E-state index >= 15 is 0 Å². The third kappa shape index (κ3) is 3.28. The van der Waals surface area contributed by atoms with Crippen LogP contribution in [0.1, 0.15) is 64.7 Å². The van der Waals surface area contributed by atoms with Gasteiger partial charge in [0.25, 0.3) is 5.91 Å². The largest absolute Gasteiger partial charge is 0.327 e. The van der Waals surface area contributed by atoms with Gasteiger partial charge in [0.1, 0.15) is 6.04 Å². The van der Waals surface area contributed by atoms with Crippen LogP contribution in [-0.4, -0.2) is 40.9 Å². The molecule has 108 valence electrons. The summed E-state index contributed by atoms with van der Waals surface area (Å²) in [4.78, 5) is 27.6. The summed E-state index contributed by atoms with van der Waals surface area (Å²) in [5.74, 6) is 0.0539. The molecule has 4 nitrogen and oxygen atoms in total. The second-order valence-electron chi connectivity index (χ2n) is 5.75. The van der Waals surface area contributed by atoms with Crippen molar-refractivity contribution in [3.8, 4) is 0 Å². The molecule has 19 heavy (non-hydrogen) atoms. The van der Waals surface area contributed by atoms with Gasteiger partial charge >= 0.3 is 6.03 Å². The maximum Gasteiger partial charge on any atom is 0.327 e. The molecule has 0 aliphatic carbocycles. The average molecular weight is 266 g/mol. The Labute approximate surface area is 116 Å². The van der Waals surface area contributed by atoms with E-state index < -0.39 is 0 Å². The average Bonchev–Trinajstić information content (AvgIpc) is 2.68. The smallest absolute Gasteiger partial charge is 0.312 e. The Morgan fingerprint density at radius 2 is 1.79 bits per heavy atom. The van der Waals surface area contributed by atoms with E-state index in [1.807, 2.05) is 0 Å². The Morgan fingerprint density at radius 3 is 2.53 bits per heavy atom. The van der Waals surface area contributed by atoms with Gasteiger partial charge in [0.2, 0.25) is 0 Å². The van der Waals surface area contributed by atoms with Crippen molar-refractivity contribution >= 4 is 11.9 Å². The molecule has 0 saturated carbocycles. The van der Waals surface area contributed by atoms with Crippen LogP contribution in [0.5, 0.6) is 0 Å². The molecule has 0 bridgehead atoms. The third-order valence-corrected chi connectivity index (χ3v) is 4.27. The highest BCUT2D eigenvalue weighted by Crippen LogP contribution is 2.26. The van der Waals surface area contributed by atoms with Crippen molar-refractivity contribution in [2.75, 3.05) is 13.1 Å². The summed E-state index contributed by atoms with van der Waals surface area (Å²) in [6.45, 7) is 3.59. The lowest BCUT2D eigenvalue weighted by Gasteiger charge is -2.26. The van der Waals surface area contributed by atoms with Crippen LogP contribution < -0.4 is 0 Å². The lowest BCUT2D eigenvalue weighted by Crippen LogP contribution is -2.39. The molecule has 0 aromatic carbocycles. The zero-order valence-electron chi connectivity index (χ0n) is 12.1. The molecule has 2 saturated heterocycles. The van der Waals surface area contributed by atoms with Gasteiger partial charge in [-0.15, -0.1) is 0 Å². The Kier molecular flexibility index (Phi) is 5.23. The molecule has 0 aromatic rings. The zero-order valence-corrected chi connectivity index (χ0v) is 12.1. The molecule has 1 unspecified atom stereocenters. The lowest BCUT2D eigenvalue weighted by molar-refractivity contribution is -0.128.